The van der Waals surface area contributed by atoms with E-state index in [0.717, 1.165) is 49.4 Å². The Labute approximate surface area is 158 Å². The Bertz CT molecular complexity index is 577. The first-order chi connectivity index (χ1) is 12.7. The lowest BCUT2D eigenvalue weighted by Crippen LogP contribution is -2.35. The van der Waals surface area contributed by atoms with Gasteiger partial charge in [0.15, 0.2) is 17.5 Å². The maximum atomic E-state index is 5.36. The van der Waals surface area contributed by atoms with Crippen LogP contribution in [-0.2, 0) is 0 Å². The Hall–Kier alpha value is -1.95. The van der Waals surface area contributed by atoms with Gasteiger partial charge in [-0.2, -0.15) is 0 Å². The molecule has 0 aromatic heterocycles. The molecule has 1 saturated heterocycles. The highest BCUT2D eigenvalue weighted by atomic mass is 16.5. The van der Waals surface area contributed by atoms with E-state index in [1.54, 1.807) is 14.2 Å². The Morgan fingerprint density at radius 1 is 1.27 bits per heavy atom. The number of nitrogens with one attached hydrogen (secondary N) is 2. The van der Waals surface area contributed by atoms with Gasteiger partial charge >= 0.3 is 0 Å². The minimum Gasteiger partial charge on any atom is -0.493 e. The minimum absolute atomic E-state index is 0.701. The van der Waals surface area contributed by atoms with Gasteiger partial charge in [0.05, 0.1) is 14.2 Å². The predicted molar refractivity (Wildman–Crippen MR) is 109 cm³/mol. The molecule has 6 heteroatoms. The Kier molecular flexibility index (Phi) is 8.54. The van der Waals surface area contributed by atoms with Crippen molar-refractivity contribution in [2.75, 3.05) is 52.3 Å². The lowest BCUT2D eigenvalue weighted by molar-refractivity contribution is 0.183. The number of benzene rings is 1. The number of aliphatic imine (C=N–C) groups is 1. The van der Waals surface area contributed by atoms with Crippen molar-refractivity contribution in [3.8, 4) is 11.5 Å². The predicted octanol–water partition coefficient (Wildman–Crippen LogP) is 3.20. The number of hydrogen-bond donors (Lipinski definition) is 2. The van der Waals surface area contributed by atoms with Crippen molar-refractivity contribution in [1.29, 1.82) is 0 Å². The van der Waals surface area contributed by atoms with E-state index in [2.05, 4.69) is 29.4 Å². The molecule has 1 aliphatic heterocycles. The molecule has 0 radical (unpaired) electrons. The molecule has 26 heavy (non-hydrogen) atoms. The second-order valence-electron chi connectivity index (χ2n) is 6.86. The van der Waals surface area contributed by atoms with Crippen molar-refractivity contribution in [2.45, 2.75) is 33.1 Å². The van der Waals surface area contributed by atoms with Gasteiger partial charge in [-0.25, -0.2) is 0 Å². The Morgan fingerprint density at radius 2 is 2.08 bits per heavy atom. The summed E-state index contributed by atoms with van der Waals surface area (Å²) in [5.41, 5.74) is 0.923. The lowest BCUT2D eigenvalue weighted by Gasteiger charge is -2.30. The number of piperidine rings is 1. The van der Waals surface area contributed by atoms with Crippen LogP contribution in [-0.4, -0.2) is 57.8 Å². The normalized spacial score (nSPS) is 18.5. The molecular weight excluding hydrogens is 328 g/mol. The van der Waals surface area contributed by atoms with Gasteiger partial charge in [-0.15, -0.1) is 0 Å². The third kappa shape index (κ3) is 6.41. The fourth-order valence-electron chi connectivity index (χ4n) is 3.33. The second-order valence-corrected chi connectivity index (χ2v) is 6.86. The van der Waals surface area contributed by atoms with E-state index in [0.29, 0.717) is 5.75 Å². The molecule has 1 atom stereocenters. The summed E-state index contributed by atoms with van der Waals surface area (Å²) in [7, 11) is 3.28. The molecule has 2 rings (SSSR count). The number of anilines is 1. The smallest absolute Gasteiger partial charge is 0.195 e. The zero-order valence-corrected chi connectivity index (χ0v) is 16.7. The molecule has 2 N–H and O–H groups in total. The van der Waals surface area contributed by atoms with Crippen molar-refractivity contribution in [3.63, 3.8) is 0 Å². The Morgan fingerprint density at radius 3 is 2.77 bits per heavy atom. The standard InChI is InChI=1S/C20H34N4O2/c1-5-21-20(22-11-7-13-24-12-6-8-16(2)15-24)23-17-9-10-18(25-3)19(14-17)26-4/h9-10,14,16H,5-8,11-13,15H2,1-4H3,(H2,21,22,23). The maximum Gasteiger partial charge on any atom is 0.195 e. The van der Waals surface area contributed by atoms with Gasteiger partial charge < -0.3 is 25.0 Å². The highest BCUT2D eigenvalue weighted by Crippen LogP contribution is 2.29. The maximum absolute atomic E-state index is 5.36. The summed E-state index contributed by atoms with van der Waals surface area (Å²) in [5.74, 6) is 3.05. The van der Waals surface area contributed by atoms with Gasteiger partial charge in [0.25, 0.3) is 0 Å². The summed E-state index contributed by atoms with van der Waals surface area (Å²) in [4.78, 5) is 7.27. The number of ether oxygens (including phenoxy) is 2. The van der Waals surface area contributed by atoms with Crippen molar-refractivity contribution in [2.24, 2.45) is 10.9 Å². The average Bonchev–Trinajstić information content (AvgIpc) is 2.65. The minimum atomic E-state index is 0.701. The van der Waals surface area contributed by atoms with Crippen LogP contribution in [0, 0.1) is 5.92 Å². The summed E-state index contributed by atoms with van der Waals surface area (Å²) < 4.78 is 10.6. The van der Waals surface area contributed by atoms with Crippen molar-refractivity contribution < 1.29 is 9.47 Å². The summed E-state index contributed by atoms with van der Waals surface area (Å²) in [5, 5.41) is 6.64. The zero-order chi connectivity index (χ0) is 18.8. The molecule has 0 amide bonds. The molecule has 0 saturated carbocycles. The molecule has 1 aliphatic rings. The molecule has 1 aromatic rings. The molecule has 1 heterocycles. The summed E-state index contributed by atoms with van der Waals surface area (Å²) in [6.07, 6.45) is 3.78. The van der Waals surface area contributed by atoms with E-state index in [4.69, 9.17) is 14.5 Å². The molecule has 1 unspecified atom stereocenters. The first-order valence-corrected chi connectivity index (χ1v) is 9.66. The van der Waals surface area contributed by atoms with Gasteiger partial charge in [0.2, 0.25) is 0 Å². The van der Waals surface area contributed by atoms with Gasteiger partial charge in [0, 0.05) is 31.4 Å². The highest BCUT2D eigenvalue weighted by Gasteiger charge is 2.15. The van der Waals surface area contributed by atoms with E-state index in [1.165, 1.54) is 25.9 Å². The monoisotopic (exact) mass is 362 g/mol. The molecule has 0 aliphatic carbocycles. The molecule has 146 valence electrons. The third-order valence-corrected chi connectivity index (χ3v) is 4.63. The number of methoxy groups -OCH3 is 2. The van der Waals surface area contributed by atoms with Crippen LogP contribution in [0.1, 0.15) is 33.1 Å². The first kappa shape index (κ1) is 20.4. The second kappa shape index (κ2) is 10.9. The SMILES string of the molecule is CCNC(=NCCCN1CCCC(C)C1)Nc1ccc(OC)c(OC)c1. The summed E-state index contributed by atoms with van der Waals surface area (Å²) in [6, 6.07) is 5.77. The molecule has 1 fully saturated rings. The van der Waals surface area contributed by atoms with Crippen LogP contribution in [0.2, 0.25) is 0 Å². The largest absolute Gasteiger partial charge is 0.493 e. The van der Waals surface area contributed by atoms with E-state index < -0.39 is 0 Å². The molecule has 0 bridgehead atoms. The van der Waals surface area contributed by atoms with E-state index in [1.807, 2.05) is 18.2 Å². The lowest BCUT2D eigenvalue weighted by atomic mass is 10.0. The molecular formula is C20H34N4O2. The van der Waals surface area contributed by atoms with Crippen molar-refractivity contribution in [3.05, 3.63) is 18.2 Å². The van der Waals surface area contributed by atoms with Crippen LogP contribution in [0.25, 0.3) is 0 Å². The van der Waals surface area contributed by atoms with Crippen LogP contribution < -0.4 is 20.1 Å². The van der Waals surface area contributed by atoms with Gasteiger partial charge in [-0.05, 0) is 57.3 Å². The van der Waals surface area contributed by atoms with Crippen molar-refractivity contribution in [1.82, 2.24) is 10.2 Å². The number of nitrogens with zero attached hydrogens (tertiary/aromatic N) is 2. The zero-order valence-electron chi connectivity index (χ0n) is 16.7. The average molecular weight is 363 g/mol. The quantitative estimate of drug-likeness (QED) is 0.422. The fourth-order valence-corrected chi connectivity index (χ4v) is 3.33. The van der Waals surface area contributed by atoms with Gasteiger partial charge in [0.1, 0.15) is 0 Å². The van der Waals surface area contributed by atoms with Crippen LogP contribution in [0.5, 0.6) is 11.5 Å². The highest BCUT2D eigenvalue weighted by molar-refractivity contribution is 5.93. The first-order valence-electron chi connectivity index (χ1n) is 9.66. The van der Waals surface area contributed by atoms with E-state index in [9.17, 15) is 0 Å². The summed E-state index contributed by atoms with van der Waals surface area (Å²) >= 11 is 0. The van der Waals surface area contributed by atoms with E-state index in [-0.39, 0.29) is 0 Å². The number of guanidine groups is 1. The topological polar surface area (TPSA) is 58.1 Å². The van der Waals surface area contributed by atoms with Crippen LogP contribution in [0.3, 0.4) is 0 Å². The van der Waals surface area contributed by atoms with Crippen LogP contribution in [0.15, 0.2) is 23.2 Å². The van der Waals surface area contributed by atoms with Crippen LogP contribution in [0.4, 0.5) is 5.69 Å². The van der Waals surface area contributed by atoms with Gasteiger partial charge in [-0.3, -0.25) is 4.99 Å². The molecule has 0 spiro atoms. The molecule has 6 nitrogen and oxygen atoms in total. The number of rotatable bonds is 8. The van der Waals surface area contributed by atoms with Gasteiger partial charge in [-0.1, -0.05) is 6.92 Å². The number of hydrogen-bond acceptors (Lipinski definition) is 4. The van der Waals surface area contributed by atoms with Crippen molar-refractivity contribution >= 4 is 11.6 Å². The fraction of sp³-hybridized carbons (Fsp3) is 0.650. The summed E-state index contributed by atoms with van der Waals surface area (Å²) in [6.45, 7) is 9.65. The molecule has 1 aromatic carbocycles. The number of likely N-dealkylation sites (tertiary alicyclic amines) is 1. The van der Waals surface area contributed by atoms with E-state index >= 15 is 0 Å². The third-order valence-electron chi connectivity index (χ3n) is 4.63. The van der Waals surface area contributed by atoms with Crippen LogP contribution >= 0.6 is 0 Å². The Balaban J connectivity index is 1.87.